The molecule has 2 aromatic heterocycles. The van der Waals surface area contributed by atoms with Gasteiger partial charge in [0, 0.05) is 17.7 Å². The molecule has 0 aromatic carbocycles. The molecule has 2 rings (SSSR count). The molecule has 2 aromatic rings. The van der Waals surface area contributed by atoms with Crippen LogP contribution in [0.1, 0.15) is 5.69 Å². The van der Waals surface area contributed by atoms with Crippen molar-refractivity contribution in [2.24, 2.45) is 0 Å². The molecule has 0 saturated carbocycles. The second-order valence-corrected chi connectivity index (χ2v) is 4.06. The second-order valence-electron chi connectivity index (χ2n) is 3.18. The maximum Gasteiger partial charge on any atom is 0.322 e. The topological polar surface area (TPSA) is 83.7 Å². The molecule has 0 fully saturated rings. The van der Waals surface area contributed by atoms with Crippen molar-refractivity contribution < 1.29 is 14.7 Å². The smallest absolute Gasteiger partial charge is 0.322 e. The van der Waals surface area contributed by atoms with Crippen LogP contribution in [0.25, 0.3) is 11.0 Å². The van der Waals surface area contributed by atoms with Gasteiger partial charge >= 0.3 is 5.97 Å². The molecule has 17 heavy (non-hydrogen) atoms. The van der Waals surface area contributed by atoms with Crippen LogP contribution in [0.2, 0.25) is 0 Å². The SMILES string of the molecule is O=C(O)CNC(=O)/C=C/c1cnc2sccn12. The largest absolute Gasteiger partial charge is 0.480 e. The van der Waals surface area contributed by atoms with Crippen molar-refractivity contribution in [3.05, 3.63) is 29.5 Å². The first-order chi connectivity index (χ1) is 8.16. The number of nitrogens with zero attached hydrogens (tertiary/aromatic N) is 2. The Morgan fingerprint density at radius 2 is 2.41 bits per heavy atom. The number of hydrogen-bond donors (Lipinski definition) is 2. The molecule has 0 spiro atoms. The van der Waals surface area contributed by atoms with Gasteiger partial charge < -0.3 is 10.4 Å². The van der Waals surface area contributed by atoms with Crippen LogP contribution in [0.5, 0.6) is 0 Å². The monoisotopic (exact) mass is 251 g/mol. The average Bonchev–Trinajstić information content (AvgIpc) is 2.86. The predicted molar refractivity (Wildman–Crippen MR) is 62.7 cm³/mol. The number of aliphatic carboxylic acids is 1. The number of amides is 1. The van der Waals surface area contributed by atoms with E-state index >= 15 is 0 Å². The van der Waals surface area contributed by atoms with E-state index in [2.05, 4.69) is 10.3 Å². The highest BCUT2D eigenvalue weighted by Gasteiger charge is 2.02. The Labute approximate surface area is 100 Å². The summed E-state index contributed by atoms with van der Waals surface area (Å²) in [5.41, 5.74) is 0.770. The molecule has 0 aliphatic heterocycles. The number of nitrogens with one attached hydrogen (secondary N) is 1. The summed E-state index contributed by atoms with van der Waals surface area (Å²) in [6, 6.07) is 0. The van der Waals surface area contributed by atoms with Gasteiger partial charge in [-0.05, 0) is 6.08 Å². The van der Waals surface area contributed by atoms with Crippen molar-refractivity contribution in [3.8, 4) is 0 Å². The summed E-state index contributed by atoms with van der Waals surface area (Å²) in [5.74, 6) is -1.52. The molecule has 0 unspecified atom stereocenters. The molecule has 88 valence electrons. The third kappa shape index (κ3) is 2.70. The average molecular weight is 251 g/mol. The summed E-state index contributed by atoms with van der Waals surface area (Å²) in [7, 11) is 0. The second kappa shape index (κ2) is 4.79. The first-order valence-corrected chi connectivity index (χ1v) is 5.63. The Kier molecular flexibility index (Phi) is 3.20. The van der Waals surface area contributed by atoms with Crippen LogP contribution in [-0.4, -0.2) is 32.9 Å². The molecule has 0 bridgehead atoms. The number of aromatic nitrogens is 2. The first-order valence-electron chi connectivity index (χ1n) is 4.75. The number of carbonyl (C=O) groups excluding carboxylic acids is 1. The number of carboxylic acids is 1. The summed E-state index contributed by atoms with van der Waals surface area (Å²) in [6.45, 7) is -0.385. The normalized spacial score (nSPS) is 11.1. The maximum absolute atomic E-state index is 11.2. The summed E-state index contributed by atoms with van der Waals surface area (Å²) in [6.07, 6.45) is 6.36. The molecule has 7 heteroatoms. The molecular formula is C10H9N3O3S. The molecular weight excluding hydrogens is 242 g/mol. The van der Waals surface area contributed by atoms with Gasteiger partial charge in [-0.3, -0.25) is 14.0 Å². The van der Waals surface area contributed by atoms with Gasteiger partial charge in [0.05, 0.1) is 11.9 Å². The fraction of sp³-hybridized carbons (Fsp3) is 0.100. The number of fused-ring (bicyclic) bond motifs is 1. The van der Waals surface area contributed by atoms with Crippen LogP contribution in [0.15, 0.2) is 23.8 Å². The zero-order valence-electron chi connectivity index (χ0n) is 8.66. The summed E-state index contributed by atoms with van der Waals surface area (Å²) >= 11 is 1.50. The zero-order valence-corrected chi connectivity index (χ0v) is 9.48. The van der Waals surface area contributed by atoms with Crippen molar-refractivity contribution >= 4 is 34.3 Å². The Morgan fingerprint density at radius 1 is 1.59 bits per heavy atom. The van der Waals surface area contributed by atoms with Crippen molar-refractivity contribution in [1.82, 2.24) is 14.7 Å². The van der Waals surface area contributed by atoms with E-state index in [-0.39, 0.29) is 6.54 Å². The molecule has 2 heterocycles. The van der Waals surface area contributed by atoms with Crippen LogP contribution < -0.4 is 5.32 Å². The Morgan fingerprint density at radius 3 is 3.18 bits per heavy atom. The minimum absolute atomic E-state index is 0.385. The highest BCUT2D eigenvalue weighted by molar-refractivity contribution is 7.15. The Bertz CT molecular complexity index is 584. The highest BCUT2D eigenvalue weighted by Crippen LogP contribution is 2.13. The van der Waals surface area contributed by atoms with Gasteiger partial charge in [-0.15, -0.1) is 11.3 Å². The van der Waals surface area contributed by atoms with E-state index in [9.17, 15) is 9.59 Å². The van der Waals surface area contributed by atoms with E-state index in [1.165, 1.54) is 17.4 Å². The molecule has 0 aliphatic rings. The van der Waals surface area contributed by atoms with Gasteiger partial charge in [-0.2, -0.15) is 0 Å². The third-order valence-electron chi connectivity index (χ3n) is 1.99. The number of hydrogen-bond acceptors (Lipinski definition) is 4. The van der Waals surface area contributed by atoms with E-state index < -0.39 is 11.9 Å². The number of imidazole rings is 1. The van der Waals surface area contributed by atoms with E-state index in [1.54, 1.807) is 12.3 Å². The van der Waals surface area contributed by atoms with Crippen LogP contribution in [-0.2, 0) is 9.59 Å². The van der Waals surface area contributed by atoms with E-state index in [4.69, 9.17) is 5.11 Å². The van der Waals surface area contributed by atoms with E-state index in [0.717, 1.165) is 10.7 Å². The lowest BCUT2D eigenvalue weighted by Crippen LogP contribution is -2.27. The van der Waals surface area contributed by atoms with Crippen LogP contribution in [0.3, 0.4) is 0 Å². The van der Waals surface area contributed by atoms with Crippen molar-refractivity contribution in [2.45, 2.75) is 0 Å². The lowest BCUT2D eigenvalue weighted by atomic mass is 10.4. The molecule has 6 nitrogen and oxygen atoms in total. The number of carboxylic acid groups (broad SMARTS) is 1. The van der Waals surface area contributed by atoms with E-state index in [0.29, 0.717) is 0 Å². The van der Waals surface area contributed by atoms with Crippen LogP contribution in [0.4, 0.5) is 0 Å². The quantitative estimate of drug-likeness (QED) is 0.780. The summed E-state index contributed by atoms with van der Waals surface area (Å²) < 4.78 is 1.84. The van der Waals surface area contributed by atoms with Gasteiger partial charge in [0.1, 0.15) is 6.54 Å². The molecule has 2 N–H and O–H groups in total. The molecule has 0 saturated heterocycles. The Hall–Kier alpha value is -2.15. The van der Waals surface area contributed by atoms with Gasteiger partial charge in [-0.25, -0.2) is 4.98 Å². The predicted octanol–water partition coefficient (Wildman–Crippen LogP) is 0.610. The van der Waals surface area contributed by atoms with Gasteiger partial charge in [0.25, 0.3) is 0 Å². The third-order valence-corrected chi connectivity index (χ3v) is 2.76. The van der Waals surface area contributed by atoms with E-state index in [1.807, 2.05) is 16.0 Å². The van der Waals surface area contributed by atoms with Crippen molar-refractivity contribution in [2.75, 3.05) is 6.54 Å². The number of thiazole rings is 1. The Balaban J connectivity index is 2.03. The zero-order chi connectivity index (χ0) is 12.3. The lowest BCUT2D eigenvalue weighted by Gasteiger charge is -1.95. The van der Waals surface area contributed by atoms with Crippen molar-refractivity contribution in [1.29, 1.82) is 0 Å². The summed E-state index contributed by atoms with van der Waals surface area (Å²) in [4.78, 5) is 26.4. The van der Waals surface area contributed by atoms with Crippen LogP contribution in [0, 0.1) is 0 Å². The van der Waals surface area contributed by atoms with Gasteiger partial charge in [0.15, 0.2) is 4.96 Å². The molecule has 0 aliphatic carbocycles. The van der Waals surface area contributed by atoms with Gasteiger partial charge in [0.2, 0.25) is 5.91 Å². The summed E-state index contributed by atoms with van der Waals surface area (Å²) in [5, 5.41) is 12.5. The fourth-order valence-electron chi connectivity index (χ4n) is 1.25. The highest BCUT2D eigenvalue weighted by atomic mass is 32.1. The maximum atomic E-state index is 11.2. The molecule has 1 amide bonds. The minimum Gasteiger partial charge on any atom is -0.480 e. The molecule has 0 radical (unpaired) electrons. The lowest BCUT2D eigenvalue weighted by molar-refractivity contribution is -0.137. The van der Waals surface area contributed by atoms with Crippen molar-refractivity contribution in [3.63, 3.8) is 0 Å². The standard InChI is InChI=1S/C10H9N3O3S/c14-8(11-6-9(15)16)2-1-7-5-12-10-13(7)3-4-17-10/h1-5H,6H2,(H,11,14)(H,15,16)/b2-1+. The minimum atomic E-state index is -1.07. The fourth-order valence-corrected chi connectivity index (χ4v) is 1.95. The first kappa shape index (κ1) is 11.3. The number of rotatable bonds is 4. The van der Waals surface area contributed by atoms with Crippen LogP contribution >= 0.6 is 11.3 Å². The molecule has 0 atom stereocenters. The van der Waals surface area contributed by atoms with Gasteiger partial charge in [-0.1, -0.05) is 0 Å². The number of carbonyl (C=O) groups is 2.